The van der Waals surface area contributed by atoms with Crippen LogP contribution in [0, 0.1) is 6.92 Å². The summed E-state index contributed by atoms with van der Waals surface area (Å²) < 4.78 is 0. The summed E-state index contributed by atoms with van der Waals surface area (Å²) in [7, 11) is 0. The van der Waals surface area contributed by atoms with Crippen LogP contribution in [-0.2, 0) is 0 Å². The Morgan fingerprint density at radius 2 is 0.833 bits per heavy atom. The summed E-state index contributed by atoms with van der Waals surface area (Å²) in [5.41, 5.74) is 2.87. The third kappa shape index (κ3) is 4.60. The number of fused-ring (bicyclic) bond motifs is 2. The van der Waals surface area contributed by atoms with E-state index >= 15 is 0 Å². The summed E-state index contributed by atoms with van der Waals surface area (Å²) in [4.78, 5) is 0. The van der Waals surface area contributed by atoms with E-state index in [1.165, 1.54) is 32.7 Å². The summed E-state index contributed by atoms with van der Waals surface area (Å²) in [6.07, 6.45) is 0. The van der Waals surface area contributed by atoms with Gasteiger partial charge in [-0.3, -0.25) is 0 Å². The highest BCUT2D eigenvalue weighted by atomic mass is 14.2. The molecule has 0 bridgehead atoms. The zero-order chi connectivity index (χ0) is 18.7. The third-order valence-electron chi connectivity index (χ3n) is 3.82. The molecule has 0 nitrogen and oxygen atoms in total. The predicted molar refractivity (Wildman–Crippen MR) is 114 cm³/mol. The molecular weight excluding hydrogens is 288 g/mol. The Morgan fingerprint density at radius 3 is 1.12 bits per heavy atom. The number of hydrogen-bond donors (Lipinski definition) is 0. The summed E-state index contributed by atoms with van der Waals surface area (Å²) in [5, 5.41) is 5.59. The Bertz CT molecular complexity index is 664. The van der Waals surface area contributed by atoms with Crippen LogP contribution in [0.3, 0.4) is 0 Å². The van der Waals surface area contributed by atoms with Gasteiger partial charge >= 0.3 is 0 Å². The lowest BCUT2D eigenvalue weighted by Crippen LogP contribution is -1.94. The Balaban J connectivity index is 0.000000798. The van der Waals surface area contributed by atoms with E-state index in [9.17, 15) is 0 Å². The molecule has 0 saturated heterocycles. The molecule has 3 aromatic carbocycles. The largest absolute Gasteiger partial charge is 0.0683 e. The molecule has 0 heterocycles. The Morgan fingerprint density at radius 1 is 0.542 bits per heavy atom. The van der Waals surface area contributed by atoms with Crippen molar-refractivity contribution in [3.63, 3.8) is 0 Å². The lowest BCUT2D eigenvalue weighted by atomic mass is 9.87. The van der Waals surface area contributed by atoms with Gasteiger partial charge in [0.2, 0.25) is 0 Å². The first-order chi connectivity index (χ1) is 11.7. The Labute approximate surface area is 149 Å². The molecule has 0 aliphatic carbocycles. The van der Waals surface area contributed by atoms with E-state index in [2.05, 4.69) is 69.3 Å². The predicted octanol–water partition coefficient (Wildman–Crippen LogP) is 8.50. The van der Waals surface area contributed by atoms with Crippen molar-refractivity contribution in [2.45, 2.75) is 68.2 Å². The van der Waals surface area contributed by atoms with E-state index < -0.39 is 0 Å². The van der Waals surface area contributed by atoms with Crippen molar-refractivity contribution in [3.05, 3.63) is 59.7 Å². The van der Waals surface area contributed by atoms with Gasteiger partial charge in [-0.15, -0.1) is 0 Å². The molecule has 132 valence electrons. The van der Waals surface area contributed by atoms with Gasteiger partial charge in [0.05, 0.1) is 0 Å². The number of rotatable bonds is 1. The van der Waals surface area contributed by atoms with Gasteiger partial charge in [0.25, 0.3) is 0 Å². The number of aryl methyl sites for hydroxylation is 1. The standard InChI is InChI=1S/C18H18.3C2H6/c1-12(2)18-16-10-6-4-8-14(16)13(3)15-9-5-7-11-17(15)18;3*1-2/h4-12H,1-3H3;3*1-2H3. The van der Waals surface area contributed by atoms with Crippen LogP contribution in [0.15, 0.2) is 48.5 Å². The van der Waals surface area contributed by atoms with Crippen LogP contribution < -0.4 is 0 Å². The highest BCUT2D eigenvalue weighted by molar-refractivity contribution is 6.05. The SMILES string of the molecule is CC.CC.CC.Cc1c2ccccc2c(C(C)C)c2ccccc12. The van der Waals surface area contributed by atoms with Crippen LogP contribution in [0.5, 0.6) is 0 Å². The van der Waals surface area contributed by atoms with E-state index in [-0.39, 0.29) is 0 Å². The summed E-state index contributed by atoms with van der Waals surface area (Å²) in [6, 6.07) is 17.5. The van der Waals surface area contributed by atoms with Crippen LogP contribution in [0.2, 0.25) is 0 Å². The smallest absolute Gasteiger partial charge is 0.0140 e. The normalized spacial score (nSPS) is 9.42. The average Bonchev–Trinajstić information content (AvgIpc) is 2.67. The minimum absolute atomic E-state index is 0.542. The third-order valence-corrected chi connectivity index (χ3v) is 3.82. The van der Waals surface area contributed by atoms with E-state index in [1.807, 2.05) is 41.5 Å². The maximum atomic E-state index is 2.28. The van der Waals surface area contributed by atoms with Crippen molar-refractivity contribution in [3.8, 4) is 0 Å². The second-order valence-corrected chi connectivity index (χ2v) is 5.28. The molecule has 0 radical (unpaired) electrons. The van der Waals surface area contributed by atoms with Crippen molar-refractivity contribution in [2.24, 2.45) is 0 Å². The molecule has 0 amide bonds. The second-order valence-electron chi connectivity index (χ2n) is 5.28. The molecule has 0 aliphatic rings. The van der Waals surface area contributed by atoms with Crippen LogP contribution in [0.25, 0.3) is 21.5 Å². The topological polar surface area (TPSA) is 0 Å². The van der Waals surface area contributed by atoms with Crippen molar-refractivity contribution >= 4 is 21.5 Å². The van der Waals surface area contributed by atoms with Crippen LogP contribution in [0.1, 0.15) is 72.4 Å². The molecule has 0 aliphatic heterocycles. The minimum atomic E-state index is 0.542. The quantitative estimate of drug-likeness (QED) is 0.393. The van der Waals surface area contributed by atoms with Crippen LogP contribution in [-0.4, -0.2) is 0 Å². The first-order valence-electron chi connectivity index (χ1n) is 9.60. The molecular formula is C24H36. The van der Waals surface area contributed by atoms with Crippen molar-refractivity contribution in [1.82, 2.24) is 0 Å². The van der Waals surface area contributed by atoms with Crippen molar-refractivity contribution in [2.75, 3.05) is 0 Å². The maximum absolute atomic E-state index is 2.28. The van der Waals surface area contributed by atoms with Crippen LogP contribution >= 0.6 is 0 Å². The molecule has 24 heavy (non-hydrogen) atoms. The van der Waals surface area contributed by atoms with Gasteiger partial charge in [-0.1, -0.05) is 104 Å². The van der Waals surface area contributed by atoms with E-state index in [4.69, 9.17) is 0 Å². The summed E-state index contributed by atoms with van der Waals surface area (Å²) in [5.74, 6) is 0.542. The zero-order valence-corrected chi connectivity index (χ0v) is 17.2. The molecule has 0 spiro atoms. The fourth-order valence-electron chi connectivity index (χ4n) is 3.00. The molecule has 3 rings (SSSR count). The Kier molecular flexibility index (Phi) is 10.8. The zero-order valence-electron chi connectivity index (χ0n) is 17.2. The van der Waals surface area contributed by atoms with E-state index in [0.29, 0.717) is 5.92 Å². The van der Waals surface area contributed by atoms with Gasteiger partial charge < -0.3 is 0 Å². The van der Waals surface area contributed by atoms with Gasteiger partial charge in [-0.05, 0) is 45.5 Å². The lowest BCUT2D eigenvalue weighted by Gasteiger charge is -2.17. The second kappa shape index (κ2) is 11.7. The highest BCUT2D eigenvalue weighted by Gasteiger charge is 2.12. The molecule has 0 fully saturated rings. The maximum Gasteiger partial charge on any atom is -0.0140 e. The first-order valence-corrected chi connectivity index (χ1v) is 9.60. The molecule has 0 aromatic heterocycles. The molecule has 0 unspecified atom stereocenters. The van der Waals surface area contributed by atoms with Gasteiger partial charge in [0.15, 0.2) is 0 Å². The lowest BCUT2D eigenvalue weighted by molar-refractivity contribution is 0.885. The highest BCUT2D eigenvalue weighted by Crippen LogP contribution is 2.36. The molecule has 0 atom stereocenters. The average molecular weight is 325 g/mol. The number of benzene rings is 3. The van der Waals surface area contributed by atoms with E-state index in [1.54, 1.807) is 0 Å². The van der Waals surface area contributed by atoms with Gasteiger partial charge in [0.1, 0.15) is 0 Å². The van der Waals surface area contributed by atoms with E-state index in [0.717, 1.165) is 0 Å². The minimum Gasteiger partial charge on any atom is -0.0683 e. The van der Waals surface area contributed by atoms with Crippen molar-refractivity contribution in [1.29, 1.82) is 0 Å². The van der Waals surface area contributed by atoms with Gasteiger partial charge in [-0.2, -0.15) is 0 Å². The molecule has 0 saturated carbocycles. The molecule has 0 heteroatoms. The summed E-state index contributed by atoms with van der Waals surface area (Å²) >= 11 is 0. The Hall–Kier alpha value is -1.82. The summed E-state index contributed by atoms with van der Waals surface area (Å²) in [6.45, 7) is 18.8. The molecule has 3 aromatic rings. The van der Waals surface area contributed by atoms with Crippen LogP contribution in [0.4, 0.5) is 0 Å². The van der Waals surface area contributed by atoms with Gasteiger partial charge in [-0.25, -0.2) is 0 Å². The fourth-order valence-corrected chi connectivity index (χ4v) is 3.00. The molecule has 0 N–H and O–H groups in total. The first kappa shape index (κ1) is 22.2. The van der Waals surface area contributed by atoms with Crippen molar-refractivity contribution < 1.29 is 0 Å². The fraction of sp³-hybridized carbons (Fsp3) is 0.417. The van der Waals surface area contributed by atoms with Gasteiger partial charge in [0, 0.05) is 0 Å². The number of hydrogen-bond acceptors (Lipinski definition) is 0. The monoisotopic (exact) mass is 324 g/mol.